The molecule has 0 saturated heterocycles. The highest BCUT2D eigenvalue weighted by molar-refractivity contribution is 7.98. The van der Waals surface area contributed by atoms with Gasteiger partial charge in [0.2, 0.25) is 0 Å². The molecule has 1 aromatic carbocycles. The van der Waals surface area contributed by atoms with E-state index in [0.29, 0.717) is 23.3 Å². The number of aromatic nitrogens is 2. The smallest absolute Gasteiger partial charge is 0.143 e. The summed E-state index contributed by atoms with van der Waals surface area (Å²) >= 11 is 1.50. The van der Waals surface area contributed by atoms with Crippen molar-refractivity contribution in [1.29, 1.82) is 0 Å². The fraction of sp³-hybridized carbons (Fsp3) is 0.333. The molecule has 0 unspecified atom stereocenters. The van der Waals surface area contributed by atoms with Gasteiger partial charge in [0.1, 0.15) is 17.5 Å². The van der Waals surface area contributed by atoms with Crippen molar-refractivity contribution in [2.45, 2.75) is 30.9 Å². The van der Waals surface area contributed by atoms with Gasteiger partial charge in [-0.1, -0.05) is 19.9 Å². The summed E-state index contributed by atoms with van der Waals surface area (Å²) in [5.74, 6) is 7.59. The molecular weight excluding hydrogens is 287 g/mol. The van der Waals surface area contributed by atoms with E-state index in [2.05, 4.69) is 29.2 Å². The maximum atomic E-state index is 13.1. The standard InChI is InChI=1S/C15H19FN4S/c1-10(2)6-12-8-14(20-17)19-15(18-12)9-21-13-5-3-4-11(16)7-13/h3-5,7-8,10H,6,9,17H2,1-2H3,(H,18,19,20). The molecular formula is C15H19FN4S. The quantitative estimate of drug-likeness (QED) is 0.486. The van der Waals surface area contributed by atoms with Crippen LogP contribution in [0, 0.1) is 11.7 Å². The summed E-state index contributed by atoms with van der Waals surface area (Å²) in [5.41, 5.74) is 3.53. The molecule has 0 aliphatic heterocycles. The zero-order chi connectivity index (χ0) is 15.2. The van der Waals surface area contributed by atoms with Crippen LogP contribution in [0.5, 0.6) is 0 Å². The predicted octanol–water partition coefficient (Wildman–Crippen LogP) is 3.39. The van der Waals surface area contributed by atoms with Gasteiger partial charge in [0.15, 0.2) is 0 Å². The summed E-state index contributed by atoms with van der Waals surface area (Å²) in [7, 11) is 0. The molecule has 0 spiro atoms. The lowest BCUT2D eigenvalue weighted by Crippen LogP contribution is -2.12. The molecule has 0 atom stereocenters. The number of halogens is 1. The maximum Gasteiger partial charge on any atom is 0.143 e. The van der Waals surface area contributed by atoms with Crippen molar-refractivity contribution < 1.29 is 4.39 Å². The second kappa shape index (κ2) is 7.38. The Bertz CT molecular complexity index is 604. The molecule has 0 aliphatic rings. The summed E-state index contributed by atoms with van der Waals surface area (Å²) in [6, 6.07) is 8.36. The Morgan fingerprint density at radius 1 is 1.29 bits per heavy atom. The van der Waals surface area contributed by atoms with E-state index < -0.39 is 0 Å². The molecule has 0 fully saturated rings. The van der Waals surface area contributed by atoms with Gasteiger partial charge in [-0.15, -0.1) is 11.8 Å². The average Bonchev–Trinajstić information content (AvgIpc) is 2.44. The number of hydrazine groups is 1. The number of benzene rings is 1. The van der Waals surface area contributed by atoms with E-state index in [1.807, 2.05) is 12.1 Å². The van der Waals surface area contributed by atoms with Crippen LogP contribution in [0.3, 0.4) is 0 Å². The van der Waals surface area contributed by atoms with Crippen LogP contribution in [0.2, 0.25) is 0 Å². The zero-order valence-corrected chi connectivity index (χ0v) is 13.0. The monoisotopic (exact) mass is 306 g/mol. The minimum atomic E-state index is -0.237. The number of rotatable bonds is 6. The van der Waals surface area contributed by atoms with Crippen molar-refractivity contribution >= 4 is 17.6 Å². The predicted molar refractivity (Wildman–Crippen MR) is 84.3 cm³/mol. The summed E-state index contributed by atoms with van der Waals surface area (Å²) in [4.78, 5) is 9.73. The van der Waals surface area contributed by atoms with Crippen LogP contribution in [0.4, 0.5) is 10.2 Å². The van der Waals surface area contributed by atoms with Crippen LogP contribution < -0.4 is 11.3 Å². The summed E-state index contributed by atoms with van der Waals surface area (Å²) in [6.07, 6.45) is 0.870. The highest BCUT2D eigenvalue weighted by Gasteiger charge is 2.07. The van der Waals surface area contributed by atoms with Crippen LogP contribution in [-0.2, 0) is 12.2 Å². The molecule has 4 nitrogen and oxygen atoms in total. The lowest BCUT2D eigenvalue weighted by molar-refractivity contribution is 0.624. The van der Waals surface area contributed by atoms with Crippen molar-refractivity contribution in [1.82, 2.24) is 9.97 Å². The second-order valence-corrected chi connectivity index (χ2v) is 6.20. The van der Waals surface area contributed by atoms with Crippen LogP contribution in [-0.4, -0.2) is 9.97 Å². The summed E-state index contributed by atoms with van der Waals surface area (Å²) in [6.45, 7) is 4.28. The number of hydrogen-bond donors (Lipinski definition) is 2. The molecule has 0 amide bonds. The number of hydrogen-bond acceptors (Lipinski definition) is 5. The van der Waals surface area contributed by atoms with Crippen molar-refractivity contribution in [3.8, 4) is 0 Å². The first-order valence-electron chi connectivity index (χ1n) is 6.78. The molecule has 3 N–H and O–H groups in total. The van der Waals surface area contributed by atoms with Gasteiger partial charge >= 0.3 is 0 Å². The number of thioether (sulfide) groups is 1. The van der Waals surface area contributed by atoms with Crippen LogP contribution in [0.1, 0.15) is 25.4 Å². The van der Waals surface area contributed by atoms with Gasteiger partial charge in [-0.05, 0) is 30.5 Å². The van der Waals surface area contributed by atoms with E-state index in [-0.39, 0.29) is 5.82 Å². The topological polar surface area (TPSA) is 63.8 Å². The second-order valence-electron chi connectivity index (χ2n) is 5.15. The number of nitrogens with two attached hydrogens (primary N) is 1. The van der Waals surface area contributed by atoms with Gasteiger partial charge in [0, 0.05) is 16.7 Å². The molecule has 0 saturated carbocycles. The van der Waals surface area contributed by atoms with E-state index in [1.54, 1.807) is 6.07 Å². The number of nitrogen functional groups attached to an aromatic ring is 1. The zero-order valence-electron chi connectivity index (χ0n) is 12.1. The van der Waals surface area contributed by atoms with Crippen molar-refractivity contribution in [3.05, 3.63) is 47.7 Å². The van der Waals surface area contributed by atoms with Crippen molar-refractivity contribution in [2.75, 3.05) is 5.43 Å². The molecule has 21 heavy (non-hydrogen) atoms. The summed E-state index contributed by atoms with van der Waals surface area (Å²) < 4.78 is 13.1. The Morgan fingerprint density at radius 3 is 2.76 bits per heavy atom. The van der Waals surface area contributed by atoms with E-state index in [9.17, 15) is 4.39 Å². The maximum absolute atomic E-state index is 13.1. The minimum absolute atomic E-state index is 0.237. The van der Waals surface area contributed by atoms with Gasteiger partial charge in [-0.3, -0.25) is 0 Å². The number of nitrogens with zero attached hydrogens (tertiary/aromatic N) is 2. The van der Waals surface area contributed by atoms with Gasteiger partial charge in [-0.25, -0.2) is 20.2 Å². The highest BCUT2D eigenvalue weighted by atomic mass is 32.2. The van der Waals surface area contributed by atoms with Crippen LogP contribution in [0.25, 0.3) is 0 Å². The van der Waals surface area contributed by atoms with Gasteiger partial charge in [0.05, 0.1) is 5.75 Å². The van der Waals surface area contributed by atoms with E-state index >= 15 is 0 Å². The Balaban J connectivity index is 2.11. The van der Waals surface area contributed by atoms with Crippen LogP contribution in [0.15, 0.2) is 35.2 Å². The third-order valence-corrected chi connectivity index (χ3v) is 3.74. The molecule has 2 rings (SSSR count). The Labute approximate surface area is 128 Å². The molecule has 2 aromatic rings. The Hall–Kier alpha value is -1.66. The van der Waals surface area contributed by atoms with E-state index in [0.717, 1.165) is 17.0 Å². The SMILES string of the molecule is CC(C)Cc1cc(NN)nc(CSc2cccc(F)c2)n1. The van der Waals surface area contributed by atoms with E-state index in [4.69, 9.17) is 5.84 Å². The normalized spacial score (nSPS) is 10.9. The fourth-order valence-corrected chi connectivity index (χ4v) is 2.71. The number of anilines is 1. The lowest BCUT2D eigenvalue weighted by Gasteiger charge is -2.09. The largest absolute Gasteiger partial charge is 0.308 e. The lowest BCUT2D eigenvalue weighted by atomic mass is 10.1. The molecule has 112 valence electrons. The van der Waals surface area contributed by atoms with Crippen LogP contribution >= 0.6 is 11.8 Å². The molecule has 0 radical (unpaired) electrons. The molecule has 6 heteroatoms. The minimum Gasteiger partial charge on any atom is -0.308 e. The first-order chi connectivity index (χ1) is 10.1. The molecule has 1 aromatic heterocycles. The molecule has 0 bridgehead atoms. The van der Waals surface area contributed by atoms with Crippen molar-refractivity contribution in [2.24, 2.45) is 11.8 Å². The fourth-order valence-electron chi connectivity index (χ4n) is 1.92. The van der Waals surface area contributed by atoms with Crippen molar-refractivity contribution in [3.63, 3.8) is 0 Å². The third kappa shape index (κ3) is 4.99. The van der Waals surface area contributed by atoms with Gasteiger partial charge in [-0.2, -0.15) is 0 Å². The van der Waals surface area contributed by atoms with Gasteiger partial charge in [0.25, 0.3) is 0 Å². The first-order valence-corrected chi connectivity index (χ1v) is 7.77. The highest BCUT2D eigenvalue weighted by Crippen LogP contribution is 2.23. The van der Waals surface area contributed by atoms with E-state index in [1.165, 1.54) is 23.9 Å². The molecule has 1 heterocycles. The number of nitrogens with one attached hydrogen (secondary N) is 1. The molecule has 0 aliphatic carbocycles. The first kappa shape index (κ1) is 15.7. The Morgan fingerprint density at radius 2 is 2.10 bits per heavy atom. The summed E-state index contributed by atoms with van der Waals surface area (Å²) in [5, 5.41) is 0. The van der Waals surface area contributed by atoms with Gasteiger partial charge < -0.3 is 5.43 Å². The third-order valence-electron chi connectivity index (χ3n) is 2.75. The Kier molecular flexibility index (Phi) is 5.52. The average molecular weight is 306 g/mol.